The van der Waals surface area contributed by atoms with Gasteiger partial charge in [0.25, 0.3) is 5.91 Å². The third-order valence-electron chi connectivity index (χ3n) is 3.73. The Balaban J connectivity index is 1.99. The van der Waals surface area contributed by atoms with E-state index in [-0.39, 0.29) is 31.4 Å². The van der Waals surface area contributed by atoms with Gasteiger partial charge < -0.3 is 19.1 Å². The number of rotatable bonds is 10. The molecule has 0 atom stereocenters. The van der Waals surface area contributed by atoms with Crippen molar-refractivity contribution in [2.24, 2.45) is 0 Å². The van der Waals surface area contributed by atoms with Crippen LogP contribution in [0.15, 0.2) is 48.7 Å². The molecule has 0 unspecified atom stereocenters. The summed E-state index contributed by atoms with van der Waals surface area (Å²) in [4.78, 5) is 30.1. The van der Waals surface area contributed by atoms with E-state index in [1.807, 2.05) is 12.1 Å². The summed E-state index contributed by atoms with van der Waals surface area (Å²) in [6, 6.07) is 12.5. The van der Waals surface area contributed by atoms with Crippen molar-refractivity contribution >= 4 is 11.9 Å². The molecule has 0 aliphatic rings. The number of carbonyl (C=O) groups is 2. The molecule has 7 heteroatoms. The van der Waals surface area contributed by atoms with Gasteiger partial charge in [-0.05, 0) is 31.2 Å². The molecule has 0 bridgehead atoms. The van der Waals surface area contributed by atoms with Crippen molar-refractivity contribution in [3.8, 4) is 11.5 Å². The summed E-state index contributed by atoms with van der Waals surface area (Å²) in [6.45, 7) is 2.43. The zero-order valence-corrected chi connectivity index (χ0v) is 15.6. The molecule has 1 amide bonds. The lowest BCUT2D eigenvalue weighted by Gasteiger charge is -2.22. The van der Waals surface area contributed by atoms with Crippen molar-refractivity contribution in [2.75, 3.05) is 26.9 Å². The van der Waals surface area contributed by atoms with Crippen molar-refractivity contribution in [2.45, 2.75) is 19.9 Å². The Labute approximate surface area is 158 Å². The smallest absolute Gasteiger partial charge is 0.307 e. The van der Waals surface area contributed by atoms with Crippen LogP contribution in [0.5, 0.6) is 11.5 Å². The molecule has 144 valence electrons. The average molecular weight is 372 g/mol. The Kier molecular flexibility index (Phi) is 8.09. The average Bonchev–Trinajstić information content (AvgIpc) is 2.70. The van der Waals surface area contributed by atoms with Gasteiger partial charge in [-0.3, -0.25) is 14.6 Å². The predicted molar refractivity (Wildman–Crippen MR) is 99.4 cm³/mol. The number of methoxy groups -OCH3 is 1. The van der Waals surface area contributed by atoms with Crippen LogP contribution < -0.4 is 9.47 Å². The van der Waals surface area contributed by atoms with Crippen LogP contribution in [0.3, 0.4) is 0 Å². The normalized spacial score (nSPS) is 10.1. The molecule has 0 saturated heterocycles. The van der Waals surface area contributed by atoms with Gasteiger partial charge >= 0.3 is 5.97 Å². The number of pyridine rings is 1. The van der Waals surface area contributed by atoms with Crippen molar-refractivity contribution in [1.29, 1.82) is 0 Å². The number of hydrogen-bond donors (Lipinski definition) is 0. The van der Waals surface area contributed by atoms with Gasteiger partial charge in [-0.15, -0.1) is 0 Å². The van der Waals surface area contributed by atoms with E-state index in [1.54, 1.807) is 55.5 Å². The second kappa shape index (κ2) is 10.8. The molecule has 7 nitrogen and oxygen atoms in total. The van der Waals surface area contributed by atoms with Crippen LogP contribution >= 0.6 is 0 Å². The largest absolute Gasteiger partial charge is 0.497 e. The number of benzene rings is 1. The summed E-state index contributed by atoms with van der Waals surface area (Å²) >= 11 is 0. The Morgan fingerprint density at radius 1 is 1.11 bits per heavy atom. The molecule has 1 heterocycles. The number of ether oxygens (including phenoxy) is 3. The molecule has 0 fully saturated rings. The summed E-state index contributed by atoms with van der Waals surface area (Å²) in [5.41, 5.74) is 0.732. The predicted octanol–water partition coefficient (Wildman–Crippen LogP) is 2.45. The van der Waals surface area contributed by atoms with Crippen molar-refractivity contribution in [3.63, 3.8) is 0 Å². The van der Waals surface area contributed by atoms with E-state index in [1.165, 1.54) is 0 Å². The molecule has 0 saturated carbocycles. The van der Waals surface area contributed by atoms with E-state index < -0.39 is 0 Å². The highest BCUT2D eigenvalue weighted by molar-refractivity contribution is 5.78. The topological polar surface area (TPSA) is 78.0 Å². The van der Waals surface area contributed by atoms with Crippen LogP contribution in [0, 0.1) is 0 Å². The van der Waals surface area contributed by atoms with Crippen LogP contribution in [-0.4, -0.2) is 48.6 Å². The molecular formula is C20H24N2O5. The summed E-state index contributed by atoms with van der Waals surface area (Å²) in [6.07, 6.45) is 1.78. The van der Waals surface area contributed by atoms with Gasteiger partial charge in [0.1, 0.15) is 11.5 Å². The third-order valence-corrected chi connectivity index (χ3v) is 3.73. The van der Waals surface area contributed by atoms with Crippen LogP contribution in [0.4, 0.5) is 0 Å². The van der Waals surface area contributed by atoms with Gasteiger partial charge in [0.15, 0.2) is 6.61 Å². The highest BCUT2D eigenvalue weighted by Gasteiger charge is 2.17. The number of carbonyl (C=O) groups excluding carboxylic acids is 2. The van der Waals surface area contributed by atoms with Gasteiger partial charge in [0.2, 0.25) is 0 Å². The maximum Gasteiger partial charge on any atom is 0.307 e. The fraction of sp³-hybridized carbons (Fsp3) is 0.350. The quantitative estimate of drug-likeness (QED) is 0.596. The van der Waals surface area contributed by atoms with E-state index in [0.717, 1.165) is 5.69 Å². The maximum absolute atomic E-state index is 12.6. The second-order valence-electron chi connectivity index (χ2n) is 5.66. The van der Waals surface area contributed by atoms with E-state index >= 15 is 0 Å². The van der Waals surface area contributed by atoms with Crippen LogP contribution in [0.25, 0.3) is 0 Å². The summed E-state index contributed by atoms with van der Waals surface area (Å²) < 4.78 is 15.7. The van der Waals surface area contributed by atoms with Crippen LogP contribution in [0.1, 0.15) is 19.0 Å². The zero-order chi connectivity index (χ0) is 19.5. The lowest BCUT2D eigenvalue weighted by Crippen LogP contribution is -2.36. The van der Waals surface area contributed by atoms with Gasteiger partial charge in [-0.2, -0.15) is 0 Å². The number of esters is 1. The fourth-order valence-corrected chi connectivity index (χ4v) is 2.37. The number of hydrogen-bond acceptors (Lipinski definition) is 6. The lowest BCUT2D eigenvalue weighted by molar-refractivity contribution is -0.144. The van der Waals surface area contributed by atoms with Gasteiger partial charge in [-0.25, -0.2) is 0 Å². The van der Waals surface area contributed by atoms with Gasteiger partial charge in [0.05, 0.1) is 32.4 Å². The minimum atomic E-state index is -0.343. The molecule has 0 N–H and O–H groups in total. The minimum absolute atomic E-state index is 0.117. The molecular weight excluding hydrogens is 348 g/mol. The Morgan fingerprint density at radius 2 is 1.93 bits per heavy atom. The molecule has 1 aromatic heterocycles. The minimum Gasteiger partial charge on any atom is -0.497 e. The first-order valence-corrected chi connectivity index (χ1v) is 8.72. The van der Waals surface area contributed by atoms with E-state index in [4.69, 9.17) is 14.2 Å². The van der Waals surface area contributed by atoms with Crippen molar-refractivity contribution in [3.05, 3.63) is 54.4 Å². The molecule has 2 aromatic rings. The Morgan fingerprint density at radius 3 is 2.63 bits per heavy atom. The molecule has 2 rings (SSSR count). The lowest BCUT2D eigenvalue weighted by atomic mass is 10.3. The molecule has 0 aliphatic carbocycles. The third kappa shape index (κ3) is 6.97. The molecule has 0 aliphatic heterocycles. The maximum atomic E-state index is 12.6. The van der Waals surface area contributed by atoms with Gasteiger partial charge in [0, 0.05) is 18.8 Å². The molecule has 1 aromatic carbocycles. The second-order valence-corrected chi connectivity index (χ2v) is 5.66. The SMILES string of the molecule is CCOC(=O)CCN(Cc1ccccn1)C(=O)COc1cccc(OC)c1. The van der Waals surface area contributed by atoms with Crippen LogP contribution in [0.2, 0.25) is 0 Å². The Hall–Kier alpha value is -3.09. The van der Waals surface area contributed by atoms with E-state index in [9.17, 15) is 9.59 Å². The number of amides is 1. The summed E-state index contributed by atoms with van der Waals surface area (Å²) in [7, 11) is 1.56. The number of aromatic nitrogens is 1. The molecule has 27 heavy (non-hydrogen) atoms. The van der Waals surface area contributed by atoms with Crippen molar-refractivity contribution in [1.82, 2.24) is 9.88 Å². The van der Waals surface area contributed by atoms with Crippen molar-refractivity contribution < 1.29 is 23.8 Å². The number of nitrogens with zero attached hydrogens (tertiary/aromatic N) is 2. The highest BCUT2D eigenvalue weighted by atomic mass is 16.5. The fourth-order valence-electron chi connectivity index (χ4n) is 2.37. The van der Waals surface area contributed by atoms with E-state index in [0.29, 0.717) is 24.7 Å². The molecule has 0 spiro atoms. The first kappa shape index (κ1) is 20.2. The Bertz CT molecular complexity index is 736. The van der Waals surface area contributed by atoms with Gasteiger partial charge in [-0.1, -0.05) is 12.1 Å². The summed E-state index contributed by atoms with van der Waals surface area (Å²) in [5.74, 6) is 0.594. The highest BCUT2D eigenvalue weighted by Crippen LogP contribution is 2.19. The first-order valence-electron chi connectivity index (χ1n) is 8.72. The first-order chi connectivity index (χ1) is 13.1. The standard InChI is InChI=1S/C20H24N2O5/c1-3-26-20(24)10-12-22(14-16-7-4-5-11-21-16)19(23)15-27-18-9-6-8-17(13-18)25-2/h4-9,11,13H,3,10,12,14-15H2,1-2H3. The van der Waals surface area contributed by atoms with E-state index in [2.05, 4.69) is 4.98 Å². The zero-order valence-electron chi connectivity index (χ0n) is 15.6. The summed E-state index contributed by atoms with van der Waals surface area (Å²) in [5, 5.41) is 0. The van der Waals surface area contributed by atoms with Crippen LogP contribution in [-0.2, 0) is 20.9 Å². The molecule has 0 radical (unpaired) electrons. The monoisotopic (exact) mass is 372 g/mol.